The van der Waals surface area contributed by atoms with Gasteiger partial charge in [0.2, 0.25) is 15.9 Å². The fourth-order valence-corrected chi connectivity index (χ4v) is 4.66. The minimum Gasteiger partial charge on any atom is -0.355 e. The first-order valence-corrected chi connectivity index (χ1v) is 11.0. The molecular weight excluding hydrogens is 344 g/mol. The van der Waals surface area contributed by atoms with E-state index >= 15 is 0 Å². The van der Waals surface area contributed by atoms with Crippen LogP contribution in [0, 0.1) is 12.8 Å². The Balaban J connectivity index is 1.75. The largest absolute Gasteiger partial charge is 0.355 e. The first-order valence-electron chi connectivity index (χ1n) is 8.37. The normalized spacial score (nSPS) is 19.2. The third-order valence-corrected chi connectivity index (χ3v) is 7.07. The van der Waals surface area contributed by atoms with E-state index in [1.54, 1.807) is 18.7 Å². The minimum atomic E-state index is -3.20. The zero-order valence-corrected chi connectivity index (χ0v) is 16.0. The van der Waals surface area contributed by atoms with Gasteiger partial charge in [-0.1, -0.05) is 17.7 Å². The second-order valence-corrected chi connectivity index (χ2v) is 9.48. The molecule has 1 aromatic carbocycles. The predicted octanol–water partition coefficient (Wildman–Crippen LogP) is 2.27. The molecule has 1 saturated heterocycles. The van der Waals surface area contributed by atoms with Crippen LogP contribution in [0.1, 0.15) is 25.3 Å². The van der Waals surface area contributed by atoms with E-state index in [1.807, 2.05) is 0 Å². The van der Waals surface area contributed by atoms with Crippen molar-refractivity contribution in [1.82, 2.24) is 9.62 Å². The highest BCUT2D eigenvalue weighted by atomic mass is 32.2. The van der Waals surface area contributed by atoms with Gasteiger partial charge in [0.25, 0.3) is 0 Å². The Morgan fingerprint density at radius 2 is 2.04 bits per heavy atom. The van der Waals surface area contributed by atoms with Crippen LogP contribution in [-0.2, 0) is 14.8 Å². The second kappa shape index (κ2) is 8.87. The van der Waals surface area contributed by atoms with Gasteiger partial charge in [0.05, 0.1) is 11.7 Å². The van der Waals surface area contributed by atoms with E-state index in [2.05, 4.69) is 36.5 Å². The lowest BCUT2D eigenvalue weighted by molar-refractivity contribution is -0.125. The fraction of sp³-hybridized carbons (Fsp3) is 0.588. The fourth-order valence-electron chi connectivity index (χ4n) is 2.71. The van der Waals surface area contributed by atoms with Crippen molar-refractivity contribution in [2.24, 2.45) is 5.92 Å². The molecule has 1 aromatic rings. The number of nitrogens with one attached hydrogen (secondary N) is 1. The van der Waals surface area contributed by atoms with Gasteiger partial charge < -0.3 is 5.32 Å². The first-order chi connectivity index (χ1) is 11.4. The summed E-state index contributed by atoms with van der Waals surface area (Å²) >= 11 is 1.71. The number of benzene rings is 1. The molecule has 1 heterocycles. The van der Waals surface area contributed by atoms with E-state index in [0.29, 0.717) is 19.6 Å². The maximum Gasteiger partial charge on any atom is 0.224 e. The smallest absolute Gasteiger partial charge is 0.224 e. The molecule has 1 aliphatic heterocycles. The van der Waals surface area contributed by atoms with Crippen LogP contribution >= 0.6 is 11.8 Å². The van der Waals surface area contributed by atoms with Crippen molar-refractivity contribution in [3.8, 4) is 0 Å². The standard InChI is InChI=1S/C17H26N2O3S2/c1-3-24(21,22)19-11-4-5-15(13-19)17(20)18-10-12-23-16-8-6-14(2)7-9-16/h6-9,15H,3-5,10-13H2,1-2H3,(H,18,20). The van der Waals surface area contributed by atoms with Gasteiger partial charge in [0.15, 0.2) is 0 Å². The lowest BCUT2D eigenvalue weighted by Gasteiger charge is -2.30. The average Bonchev–Trinajstić information content (AvgIpc) is 2.60. The van der Waals surface area contributed by atoms with Crippen molar-refractivity contribution in [2.45, 2.75) is 31.6 Å². The highest BCUT2D eigenvalue weighted by Gasteiger charge is 2.31. The third-order valence-electron chi connectivity index (χ3n) is 4.20. The molecule has 1 N–H and O–H groups in total. The summed E-state index contributed by atoms with van der Waals surface area (Å²) in [6.45, 7) is 5.13. The second-order valence-electron chi connectivity index (χ2n) is 6.05. The van der Waals surface area contributed by atoms with Gasteiger partial charge in [-0.05, 0) is 38.8 Å². The van der Waals surface area contributed by atoms with Crippen LogP contribution in [0.25, 0.3) is 0 Å². The highest BCUT2D eigenvalue weighted by Crippen LogP contribution is 2.20. The van der Waals surface area contributed by atoms with Crippen LogP contribution in [-0.4, -0.2) is 49.8 Å². The molecule has 1 unspecified atom stereocenters. The number of sulfonamides is 1. The van der Waals surface area contributed by atoms with Gasteiger partial charge in [-0.3, -0.25) is 4.79 Å². The van der Waals surface area contributed by atoms with Crippen LogP contribution < -0.4 is 5.32 Å². The topological polar surface area (TPSA) is 66.5 Å². The Morgan fingerprint density at radius 3 is 2.71 bits per heavy atom. The van der Waals surface area contributed by atoms with Crippen molar-refractivity contribution >= 4 is 27.7 Å². The first kappa shape index (κ1) is 19.3. The van der Waals surface area contributed by atoms with Crippen LogP contribution in [0.4, 0.5) is 0 Å². The molecule has 1 amide bonds. The summed E-state index contributed by atoms with van der Waals surface area (Å²) in [5, 5.41) is 2.94. The number of hydrogen-bond acceptors (Lipinski definition) is 4. The zero-order valence-electron chi connectivity index (χ0n) is 14.3. The summed E-state index contributed by atoms with van der Waals surface area (Å²) < 4.78 is 25.4. The summed E-state index contributed by atoms with van der Waals surface area (Å²) in [7, 11) is -3.20. The van der Waals surface area contributed by atoms with Crippen molar-refractivity contribution in [3.63, 3.8) is 0 Å². The number of thioether (sulfide) groups is 1. The highest BCUT2D eigenvalue weighted by molar-refractivity contribution is 7.99. The van der Waals surface area contributed by atoms with E-state index < -0.39 is 10.0 Å². The summed E-state index contributed by atoms with van der Waals surface area (Å²) in [5.74, 6) is 0.632. The number of hydrogen-bond donors (Lipinski definition) is 1. The Kier molecular flexibility index (Phi) is 7.13. The number of rotatable bonds is 7. The van der Waals surface area contributed by atoms with E-state index in [4.69, 9.17) is 0 Å². The zero-order chi connectivity index (χ0) is 17.6. The molecule has 134 valence electrons. The number of carbonyl (C=O) groups excluding carboxylic acids is 1. The number of nitrogens with zero attached hydrogens (tertiary/aromatic N) is 1. The number of piperidine rings is 1. The maximum atomic E-state index is 12.3. The van der Waals surface area contributed by atoms with Gasteiger partial charge in [0.1, 0.15) is 0 Å². The molecule has 7 heteroatoms. The summed E-state index contributed by atoms with van der Waals surface area (Å²) in [6, 6.07) is 8.31. The molecule has 0 spiro atoms. The Bertz CT molecular complexity index is 644. The molecule has 2 rings (SSSR count). The quantitative estimate of drug-likeness (QED) is 0.591. The number of amides is 1. The van der Waals surface area contributed by atoms with Gasteiger partial charge in [0, 0.05) is 30.3 Å². The lowest BCUT2D eigenvalue weighted by atomic mass is 9.99. The van der Waals surface area contributed by atoms with E-state index in [-0.39, 0.29) is 17.6 Å². The van der Waals surface area contributed by atoms with Crippen molar-refractivity contribution in [3.05, 3.63) is 29.8 Å². The van der Waals surface area contributed by atoms with Crippen LogP contribution in [0.2, 0.25) is 0 Å². The molecule has 24 heavy (non-hydrogen) atoms. The number of carbonyl (C=O) groups is 1. The molecule has 0 aromatic heterocycles. The molecule has 0 bridgehead atoms. The third kappa shape index (κ3) is 5.50. The molecule has 5 nitrogen and oxygen atoms in total. The monoisotopic (exact) mass is 370 g/mol. The van der Waals surface area contributed by atoms with E-state index in [9.17, 15) is 13.2 Å². The maximum absolute atomic E-state index is 12.3. The summed E-state index contributed by atoms with van der Waals surface area (Å²) in [5.41, 5.74) is 1.23. The van der Waals surface area contributed by atoms with Gasteiger partial charge >= 0.3 is 0 Å². The van der Waals surface area contributed by atoms with Crippen LogP contribution in [0.3, 0.4) is 0 Å². The Labute approximate surface area is 149 Å². The van der Waals surface area contributed by atoms with Crippen molar-refractivity contribution in [2.75, 3.05) is 31.1 Å². The number of aryl methyl sites for hydroxylation is 1. The van der Waals surface area contributed by atoms with E-state index in [0.717, 1.165) is 18.6 Å². The van der Waals surface area contributed by atoms with Crippen molar-refractivity contribution in [1.29, 1.82) is 0 Å². The van der Waals surface area contributed by atoms with Gasteiger partial charge in [-0.15, -0.1) is 11.8 Å². The molecule has 1 fully saturated rings. The van der Waals surface area contributed by atoms with Crippen LogP contribution in [0.15, 0.2) is 29.2 Å². The lowest BCUT2D eigenvalue weighted by Crippen LogP contribution is -2.46. The van der Waals surface area contributed by atoms with Gasteiger partial charge in [-0.2, -0.15) is 0 Å². The molecule has 0 saturated carbocycles. The molecule has 1 aliphatic rings. The molecule has 0 aliphatic carbocycles. The summed E-state index contributed by atoms with van der Waals surface area (Å²) in [4.78, 5) is 13.5. The minimum absolute atomic E-state index is 0.0319. The average molecular weight is 371 g/mol. The summed E-state index contributed by atoms with van der Waals surface area (Å²) in [6.07, 6.45) is 1.50. The van der Waals surface area contributed by atoms with Crippen molar-refractivity contribution < 1.29 is 13.2 Å². The Morgan fingerprint density at radius 1 is 1.33 bits per heavy atom. The van der Waals surface area contributed by atoms with Gasteiger partial charge in [-0.25, -0.2) is 12.7 Å². The molecular formula is C17H26N2O3S2. The van der Waals surface area contributed by atoms with Crippen LogP contribution in [0.5, 0.6) is 0 Å². The molecule has 0 radical (unpaired) electrons. The van der Waals surface area contributed by atoms with E-state index in [1.165, 1.54) is 14.8 Å². The predicted molar refractivity (Wildman–Crippen MR) is 98.7 cm³/mol. The Hall–Kier alpha value is -1.05. The molecule has 1 atom stereocenters. The SMILES string of the molecule is CCS(=O)(=O)N1CCCC(C(=O)NCCSc2ccc(C)cc2)C1.